The number of hydrogen-bond acceptors (Lipinski definition) is 7. The molecular formula is C24H30N6O3. The third kappa shape index (κ3) is 4.22. The van der Waals surface area contributed by atoms with Crippen molar-refractivity contribution in [2.45, 2.75) is 59.1 Å². The highest BCUT2D eigenvalue weighted by Crippen LogP contribution is 2.37. The van der Waals surface area contributed by atoms with Crippen LogP contribution in [0.3, 0.4) is 0 Å². The zero-order chi connectivity index (χ0) is 23.8. The number of nitrogen functional groups attached to an aromatic ring is 1. The number of hydrogen-bond donors (Lipinski definition) is 1. The van der Waals surface area contributed by atoms with Crippen molar-refractivity contribution in [2.75, 3.05) is 12.8 Å². The zero-order valence-corrected chi connectivity index (χ0v) is 19.8. The normalized spacial score (nSPS) is 11.9. The van der Waals surface area contributed by atoms with Crippen molar-refractivity contribution >= 4 is 33.8 Å². The van der Waals surface area contributed by atoms with Crippen molar-refractivity contribution in [2.24, 2.45) is 0 Å². The fourth-order valence-electron chi connectivity index (χ4n) is 3.94. The Morgan fingerprint density at radius 3 is 2.67 bits per heavy atom. The van der Waals surface area contributed by atoms with Gasteiger partial charge in [0.2, 0.25) is 0 Å². The quantitative estimate of drug-likeness (QED) is 0.411. The van der Waals surface area contributed by atoms with Crippen molar-refractivity contribution in [3.63, 3.8) is 0 Å². The molecule has 0 fully saturated rings. The van der Waals surface area contributed by atoms with Gasteiger partial charge in [0.1, 0.15) is 34.7 Å². The SMILES string of the molecule is CCCCCn1nc(-c2cc3cccc(OC)c3n2C(=O)OC(C)(C)C)c2c(N)ncnc21. The molecule has 3 heterocycles. The average molecular weight is 451 g/mol. The first kappa shape index (κ1) is 22.6. The monoisotopic (exact) mass is 450 g/mol. The highest BCUT2D eigenvalue weighted by Gasteiger charge is 2.28. The Morgan fingerprint density at radius 1 is 1.18 bits per heavy atom. The number of nitrogens with two attached hydrogens (primary N) is 1. The minimum atomic E-state index is -0.684. The summed E-state index contributed by atoms with van der Waals surface area (Å²) in [6, 6.07) is 7.50. The molecule has 0 bridgehead atoms. The molecule has 0 radical (unpaired) electrons. The van der Waals surface area contributed by atoms with E-state index in [0.717, 1.165) is 24.6 Å². The second-order valence-electron chi connectivity index (χ2n) is 8.98. The van der Waals surface area contributed by atoms with E-state index in [1.807, 2.05) is 49.7 Å². The second-order valence-corrected chi connectivity index (χ2v) is 8.98. The minimum Gasteiger partial charge on any atom is -0.495 e. The molecule has 4 rings (SSSR count). The maximum Gasteiger partial charge on any atom is 0.419 e. The Hall–Kier alpha value is -3.62. The highest BCUT2D eigenvalue weighted by atomic mass is 16.6. The molecule has 0 spiro atoms. The number of nitrogens with zero attached hydrogens (tertiary/aromatic N) is 5. The molecule has 33 heavy (non-hydrogen) atoms. The van der Waals surface area contributed by atoms with Crippen molar-refractivity contribution in [1.82, 2.24) is 24.3 Å². The molecule has 0 saturated carbocycles. The van der Waals surface area contributed by atoms with Gasteiger partial charge < -0.3 is 15.2 Å². The van der Waals surface area contributed by atoms with E-state index in [1.54, 1.807) is 7.11 Å². The first-order chi connectivity index (χ1) is 15.7. The van der Waals surface area contributed by atoms with E-state index in [1.165, 1.54) is 10.9 Å². The van der Waals surface area contributed by atoms with Gasteiger partial charge in [0.15, 0.2) is 5.65 Å². The smallest absolute Gasteiger partial charge is 0.419 e. The van der Waals surface area contributed by atoms with Gasteiger partial charge in [-0.25, -0.2) is 24.0 Å². The van der Waals surface area contributed by atoms with Gasteiger partial charge in [0, 0.05) is 11.9 Å². The molecule has 0 aliphatic carbocycles. The molecule has 2 N–H and O–H groups in total. The second kappa shape index (κ2) is 8.73. The van der Waals surface area contributed by atoms with Crippen molar-refractivity contribution in [3.05, 3.63) is 30.6 Å². The van der Waals surface area contributed by atoms with E-state index >= 15 is 0 Å². The van der Waals surface area contributed by atoms with Crippen LogP contribution in [-0.2, 0) is 11.3 Å². The largest absolute Gasteiger partial charge is 0.495 e. The van der Waals surface area contributed by atoms with E-state index in [9.17, 15) is 4.79 Å². The Kier molecular flexibility index (Phi) is 5.97. The Balaban J connectivity index is 2.00. The van der Waals surface area contributed by atoms with Gasteiger partial charge in [-0.2, -0.15) is 5.10 Å². The lowest BCUT2D eigenvalue weighted by molar-refractivity contribution is 0.0546. The zero-order valence-electron chi connectivity index (χ0n) is 19.8. The van der Waals surface area contributed by atoms with Crippen molar-refractivity contribution in [1.29, 1.82) is 0 Å². The van der Waals surface area contributed by atoms with Gasteiger partial charge >= 0.3 is 6.09 Å². The number of rotatable bonds is 6. The average Bonchev–Trinajstić information content (AvgIpc) is 3.32. The number of carbonyl (C=O) groups excluding carboxylic acids is 1. The standard InChI is InChI=1S/C24H30N6O3/c1-6-7-8-12-29-22-18(21(25)26-14-27-22)19(28-29)16-13-15-10-9-11-17(32-5)20(15)30(16)23(31)33-24(2,3)4/h9-11,13-14H,6-8,12H2,1-5H3,(H2,25,26,27). The number of fused-ring (bicyclic) bond motifs is 2. The summed E-state index contributed by atoms with van der Waals surface area (Å²) in [5, 5.41) is 6.28. The van der Waals surface area contributed by atoms with E-state index < -0.39 is 11.7 Å². The summed E-state index contributed by atoms with van der Waals surface area (Å²) in [6.45, 7) is 8.34. The molecule has 0 atom stereocenters. The van der Waals surface area contributed by atoms with Crippen LogP contribution < -0.4 is 10.5 Å². The predicted octanol–water partition coefficient (Wildman–Crippen LogP) is 5.01. The summed E-state index contributed by atoms with van der Waals surface area (Å²) in [7, 11) is 1.57. The number of aromatic nitrogens is 5. The van der Waals surface area contributed by atoms with Crippen LogP contribution >= 0.6 is 0 Å². The molecule has 0 aliphatic rings. The number of benzene rings is 1. The maximum absolute atomic E-state index is 13.4. The molecule has 174 valence electrons. The molecule has 1 aromatic carbocycles. The molecule has 9 heteroatoms. The minimum absolute atomic E-state index is 0.310. The summed E-state index contributed by atoms with van der Waals surface area (Å²) >= 11 is 0. The number of aryl methyl sites for hydroxylation is 1. The number of ether oxygens (including phenoxy) is 2. The summed E-state index contributed by atoms with van der Waals surface area (Å²) in [6.07, 6.45) is 4.04. The summed E-state index contributed by atoms with van der Waals surface area (Å²) in [5.41, 5.74) is 7.92. The maximum atomic E-state index is 13.4. The van der Waals surface area contributed by atoms with Gasteiger partial charge in [0.05, 0.1) is 18.2 Å². The summed E-state index contributed by atoms with van der Waals surface area (Å²) in [4.78, 5) is 22.1. The lowest BCUT2D eigenvalue weighted by Gasteiger charge is -2.21. The van der Waals surface area contributed by atoms with Crippen LogP contribution in [0.2, 0.25) is 0 Å². The van der Waals surface area contributed by atoms with E-state index in [4.69, 9.17) is 20.3 Å². The van der Waals surface area contributed by atoms with Crippen LogP contribution in [0.4, 0.5) is 10.6 Å². The van der Waals surface area contributed by atoms with Gasteiger partial charge in [-0.05, 0) is 39.3 Å². The Morgan fingerprint density at radius 2 is 1.97 bits per heavy atom. The van der Waals surface area contributed by atoms with Gasteiger partial charge in [-0.15, -0.1) is 0 Å². The third-order valence-electron chi connectivity index (χ3n) is 5.36. The first-order valence-electron chi connectivity index (χ1n) is 11.1. The Bertz CT molecular complexity index is 1320. The van der Waals surface area contributed by atoms with Crippen molar-refractivity contribution in [3.8, 4) is 17.1 Å². The molecule has 0 aliphatic heterocycles. The van der Waals surface area contributed by atoms with E-state index in [0.29, 0.717) is 46.1 Å². The van der Waals surface area contributed by atoms with Gasteiger partial charge in [-0.3, -0.25) is 0 Å². The van der Waals surface area contributed by atoms with Crippen LogP contribution in [0.1, 0.15) is 47.0 Å². The number of carbonyl (C=O) groups is 1. The lowest BCUT2D eigenvalue weighted by Crippen LogP contribution is -2.27. The lowest BCUT2D eigenvalue weighted by atomic mass is 10.2. The fourth-order valence-corrected chi connectivity index (χ4v) is 3.94. The predicted molar refractivity (Wildman–Crippen MR) is 128 cm³/mol. The van der Waals surface area contributed by atoms with Gasteiger partial charge in [0.25, 0.3) is 0 Å². The van der Waals surface area contributed by atoms with E-state index in [2.05, 4.69) is 16.9 Å². The summed E-state index contributed by atoms with van der Waals surface area (Å²) < 4.78 is 14.7. The molecule has 0 saturated heterocycles. The number of anilines is 1. The molecule has 0 unspecified atom stereocenters. The topological polar surface area (TPSA) is 110 Å². The Labute approximate surface area is 192 Å². The van der Waals surface area contributed by atoms with Crippen molar-refractivity contribution < 1.29 is 14.3 Å². The first-order valence-corrected chi connectivity index (χ1v) is 11.1. The van der Waals surface area contributed by atoms with Crippen LogP contribution in [0, 0.1) is 0 Å². The van der Waals surface area contributed by atoms with Crippen LogP contribution in [0.25, 0.3) is 33.3 Å². The van der Waals surface area contributed by atoms with Crippen LogP contribution in [-0.4, -0.2) is 43.1 Å². The molecular weight excluding hydrogens is 420 g/mol. The number of methoxy groups -OCH3 is 1. The molecule has 9 nitrogen and oxygen atoms in total. The van der Waals surface area contributed by atoms with Crippen LogP contribution in [0.15, 0.2) is 30.6 Å². The highest BCUT2D eigenvalue weighted by molar-refractivity contribution is 6.04. The van der Waals surface area contributed by atoms with Crippen LogP contribution in [0.5, 0.6) is 5.75 Å². The van der Waals surface area contributed by atoms with Gasteiger partial charge in [-0.1, -0.05) is 31.9 Å². The summed E-state index contributed by atoms with van der Waals surface area (Å²) in [5.74, 6) is 0.866. The fraction of sp³-hybridized carbons (Fsp3) is 0.417. The molecule has 3 aromatic heterocycles. The molecule has 4 aromatic rings. The van der Waals surface area contributed by atoms with E-state index in [-0.39, 0.29) is 0 Å². The third-order valence-corrected chi connectivity index (χ3v) is 5.36. The number of para-hydroxylation sites is 1. The number of unbranched alkanes of at least 4 members (excludes halogenated alkanes) is 2. The molecule has 0 amide bonds.